The van der Waals surface area contributed by atoms with Gasteiger partial charge in [-0.25, -0.2) is 0 Å². The molecule has 0 unspecified atom stereocenters. The number of H-pyrrole nitrogens is 1. The van der Waals surface area contributed by atoms with E-state index in [0.29, 0.717) is 22.9 Å². The van der Waals surface area contributed by atoms with Crippen LogP contribution in [-0.4, -0.2) is 77.8 Å². The molecule has 0 bridgehead atoms. The van der Waals surface area contributed by atoms with Crippen LogP contribution in [0.2, 0.25) is 0 Å². The van der Waals surface area contributed by atoms with E-state index in [0.717, 1.165) is 35.6 Å². The smallest absolute Gasteiger partial charge is 0.258 e. The molecule has 2 aromatic heterocycles. The third-order valence-electron chi connectivity index (χ3n) is 7.11. The van der Waals surface area contributed by atoms with Gasteiger partial charge in [-0.05, 0) is 92.3 Å². The van der Waals surface area contributed by atoms with Crippen molar-refractivity contribution in [2.24, 2.45) is 4.99 Å². The molecule has 39 heavy (non-hydrogen) atoms. The third kappa shape index (κ3) is 5.60. The predicted molar refractivity (Wildman–Crippen MR) is 160 cm³/mol. The number of hydrogen-bond acceptors (Lipinski definition) is 7. The molecule has 5 rings (SSSR count). The Hall–Kier alpha value is -3.95. The number of aromatic amines is 1. The number of benzene rings is 2. The second-order valence-electron chi connectivity index (χ2n) is 10.4. The lowest BCUT2D eigenvalue weighted by atomic mass is 10.0. The molecule has 0 spiro atoms. The average Bonchev–Trinajstić information content (AvgIpc) is 3.43. The summed E-state index contributed by atoms with van der Waals surface area (Å²) in [7, 11) is 3.83. The zero-order chi connectivity index (χ0) is 27.7. The van der Waals surface area contributed by atoms with Crippen molar-refractivity contribution in [2.45, 2.75) is 25.9 Å². The number of hydrogen-bond donors (Lipinski definition) is 2. The van der Waals surface area contributed by atoms with Crippen molar-refractivity contribution >= 4 is 45.6 Å². The van der Waals surface area contributed by atoms with Crippen LogP contribution in [0.5, 0.6) is 5.88 Å². The van der Waals surface area contributed by atoms with Crippen LogP contribution in [0.4, 0.5) is 11.4 Å². The Kier molecular flexibility index (Phi) is 7.54. The lowest BCUT2D eigenvalue weighted by Gasteiger charge is -2.45. The van der Waals surface area contributed by atoms with E-state index in [4.69, 9.17) is 0 Å². The number of pyridine rings is 1. The Balaban J connectivity index is 1.36. The molecule has 1 aliphatic rings. The van der Waals surface area contributed by atoms with Gasteiger partial charge in [0.25, 0.3) is 5.56 Å². The zero-order valence-corrected chi connectivity index (χ0v) is 23.4. The molecule has 9 heteroatoms. The Morgan fingerprint density at radius 2 is 1.79 bits per heavy atom. The summed E-state index contributed by atoms with van der Waals surface area (Å²) >= 11 is 1.61. The molecule has 2 N–H and O–H groups in total. The summed E-state index contributed by atoms with van der Waals surface area (Å²) < 4.78 is 0. The minimum atomic E-state index is -0.340. The summed E-state index contributed by atoms with van der Waals surface area (Å²) in [5.74, 6) is -0.0511. The third-order valence-corrected chi connectivity index (χ3v) is 7.80. The van der Waals surface area contributed by atoms with Crippen molar-refractivity contribution in [1.82, 2.24) is 14.8 Å². The van der Waals surface area contributed by atoms with Crippen molar-refractivity contribution in [3.05, 3.63) is 75.2 Å². The van der Waals surface area contributed by atoms with Gasteiger partial charge >= 0.3 is 0 Å². The number of thiophene rings is 1. The fourth-order valence-electron chi connectivity index (χ4n) is 5.34. The molecule has 0 radical (unpaired) electrons. The molecule has 1 aliphatic heterocycles. The van der Waals surface area contributed by atoms with Crippen LogP contribution in [-0.2, 0) is 4.79 Å². The Morgan fingerprint density at radius 1 is 1.08 bits per heavy atom. The minimum Gasteiger partial charge on any atom is -0.494 e. The van der Waals surface area contributed by atoms with Gasteiger partial charge in [-0.15, -0.1) is 0 Å². The van der Waals surface area contributed by atoms with E-state index in [1.54, 1.807) is 23.6 Å². The average molecular weight is 544 g/mol. The minimum absolute atomic E-state index is 0.106. The topological polar surface area (TPSA) is 92.2 Å². The number of aliphatic imine (C=N–C) groups is 1. The summed E-state index contributed by atoms with van der Waals surface area (Å²) in [6, 6.07) is 15.8. The van der Waals surface area contributed by atoms with Crippen LogP contribution in [0, 0.1) is 0 Å². The number of carbonyl (C=O) groups excluding carboxylic acids is 1. The second-order valence-corrected chi connectivity index (χ2v) is 11.2. The molecule has 1 amide bonds. The fourth-order valence-corrected chi connectivity index (χ4v) is 6.00. The summed E-state index contributed by atoms with van der Waals surface area (Å²) in [6.45, 7) is 6.13. The van der Waals surface area contributed by atoms with Gasteiger partial charge in [0.15, 0.2) is 0 Å². The highest BCUT2D eigenvalue weighted by Crippen LogP contribution is 2.30. The highest BCUT2D eigenvalue weighted by molar-refractivity contribution is 7.08. The molecular formula is C30H33N5O3S. The molecule has 3 heterocycles. The molecule has 2 atom stereocenters. The molecule has 8 nitrogen and oxygen atoms in total. The molecule has 0 aliphatic carbocycles. The summed E-state index contributed by atoms with van der Waals surface area (Å²) in [5, 5.41) is 15.8. The normalized spacial score (nSPS) is 18.0. The van der Waals surface area contributed by atoms with Crippen molar-refractivity contribution in [3.63, 3.8) is 0 Å². The summed E-state index contributed by atoms with van der Waals surface area (Å²) in [4.78, 5) is 38.5. The van der Waals surface area contributed by atoms with Crippen molar-refractivity contribution < 1.29 is 9.90 Å². The van der Waals surface area contributed by atoms with E-state index in [2.05, 4.69) is 28.7 Å². The Labute approximate surface area is 231 Å². The van der Waals surface area contributed by atoms with E-state index < -0.39 is 0 Å². The number of amides is 1. The first-order valence-electron chi connectivity index (χ1n) is 13.0. The highest BCUT2D eigenvalue weighted by Gasteiger charge is 2.32. The number of carbonyl (C=O) groups is 1. The van der Waals surface area contributed by atoms with Gasteiger partial charge < -0.3 is 19.8 Å². The van der Waals surface area contributed by atoms with Crippen LogP contribution in [0.25, 0.3) is 21.9 Å². The Bertz CT molecular complexity index is 1550. The van der Waals surface area contributed by atoms with Crippen LogP contribution in [0.1, 0.15) is 19.4 Å². The standard InChI is InChI=1S/C30H33N5O3S/c1-19-15-34(16-20(2)35(19)28(36)17-33(3)4)24-8-6-23(7-9-24)31-14-27-26-13-21(22-11-12-39-18-22)5-10-25(26)29(37)32-30(27)38/h5-14,18-20H,15-17H2,1-4H3,(H2,32,37,38)/t19-,20+. The maximum atomic E-state index is 12.7. The predicted octanol–water partition coefficient (Wildman–Crippen LogP) is 4.70. The van der Waals surface area contributed by atoms with Gasteiger partial charge in [-0.2, -0.15) is 11.3 Å². The van der Waals surface area contributed by atoms with Gasteiger partial charge in [-0.3, -0.25) is 19.6 Å². The number of rotatable bonds is 6. The maximum Gasteiger partial charge on any atom is 0.258 e. The van der Waals surface area contributed by atoms with E-state index in [9.17, 15) is 14.7 Å². The number of anilines is 1. The highest BCUT2D eigenvalue weighted by atomic mass is 32.1. The van der Waals surface area contributed by atoms with Gasteiger partial charge in [0.05, 0.1) is 17.8 Å². The molecule has 1 saturated heterocycles. The maximum absolute atomic E-state index is 12.7. The quantitative estimate of drug-likeness (QED) is 0.344. The van der Waals surface area contributed by atoms with Crippen LogP contribution in [0.15, 0.2) is 69.1 Å². The van der Waals surface area contributed by atoms with E-state index in [1.807, 2.05) is 77.1 Å². The molecule has 2 aromatic carbocycles. The number of piperazine rings is 1. The first-order valence-corrected chi connectivity index (χ1v) is 13.9. The van der Waals surface area contributed by atoms with Gasteiger partial charge in [-0.1, -0.05) is 6.07 Å². The number of aromatic hydroxyl groups is 1. The number of likely N-dealkylation sites (N-methyl/N-ethyl adjacent to an activating group) is 1. The van der Waals surface area contributed by atoms with Crippen molar-refractivity contribution in [3.8, 4) is 17.0 Å². The van der Waals surface area contributed by atoms with E-state index in [-0.39, 0.29) is 29.4 Å². The number of fused-ring (bicyclic) bond motifs is 1. The van der Waals surface area contributed by atoms with Crippen LogP contribution in [0.3, 0.4) is 0 Å². The molecule has 4 aromatic rings. The first-order chi connectivity index (χ1) is 18.7. The van der Waals surface area contributed by atoms with E-state index in [1.165, 1.54) is 0 Å². The lowest BCUT2D eigenvalue weighted by Crippen LogP contribution is -2.60. The fraction of sp³-hybridized carbons (Fsp3) is 0.300. The monoisotopic (exact) mass is 543 g/mol. The summed E-state index contributed by atoms with van der Waals surface area (Å²) in [5.41, 5.74) is 3.96. The zero-order valence-electron chi connectivity index (χ0n) is 22.6. The molecule has 0 saturated carbocycles. The second kappa shape index (κ2) is 11.0. The van der Waals surface area contributed by atoms with Gasteiger partial charge in [0, 0.05) is 47.8 Å². The molecular weight excluding hydrogens is 510 g/mol. The summed E-state index contributed by atoms with van der Waals surface area (Å²) in [6.07, 6.45) is 1.60. The lowest BCUT2D eigenvalue weighted by molar-refractivity contribution is -0.136. The van der Waals surface area contributed by atoms with Gasteiger partial charge in [0.1, 0.15) is 0 Å². The number of nitrogens with zero attached hydrogens (tertiary/aromatic N) is 4. The van der Waals surface area contributed by atoms with Crippen molar-refractivity contribution in [1.29, 1.82) is 0 Å². The largest absolute Gasteiger partial charge is 0.494 e. The number of nitrogens with one attached hydrogen (secondary N) is 1. The van der Waals surface area contributed by atoms with Crippen molar-refractivity contribution in [2.75, 3.05) is 38.6 Å². The SMILES string of the molecule is C[C@@H]1CN(c2ccc(N=Cc3c(O)[nH]c(=O)c4ccc(-c5ccsc5)cc34)cc2)C[C@H](C)N1C(=O)CN(C)C. The van der Waals surface area contributed by atoms with Crippen LogP contribution < -0.4 is 10.5 Å². The number of aromatic nitrogens is 1. The van der Waals surface area contributed by atoms with Crippen LogP contribution >= 0.6 is 11.3 Å². The van der Waals surface area contributed by atoms with E-state index >= 15 is 0 Å². The first kappa shape index (κ1) is 26.6. The van der Waals surface area contributed by atoms with Gasteiger partial charge in [0.2, 0.25) is 11.8 Å². The molecule has 1 fully saturated rings. The Morgan fingerprint density at radius 3 is 2.44 bits per heavy atom. The molecule has 202 valence electrons.